The highest BCUT2D eigenvalue weighted by Crippen LogP contribution is 2.23. The summed E-state index contributed by atoms with van der Waals surface area (Å²) in [4.78, 5) is 0. The first-order chi connectivity index (χ1) is 3.66. The van der Waals surface area contributed by atoms with Gasteiger partial charge in [-0.1, -0.05) is 31.5 Å². The maximum absolute atomic E-state index is 5.68. The average molecular weight is 151 g/mol. The molecule has 0 amide bonds. The summed E-state index contributed by atoms with van der Waals surface area (Å²) < 4.78 is 0.889. The molecule has 8 heavy (non-hydrogen) atoms. The zero-order valence-corrected chi connectivity index (χ0v) is 7.01. The van der Waals surface area contributed by atoms with Gasteiger partial charge in [-0.2, -0.15) is 0 Å². The molecule has 0 rings (SSSR count). The van der Waals surface area contributed by atoms with E-state index in [0.29, 0.717) is 5.25 Å². The lowest BCUT2D eigenvalue weighted by atomic mass is 10.6. The molecule has 2 heteroatoms. The predicted molar refractivity (Wildman–Crippen MR) is 42.3 cm³/mol. The number of thioether (sulfide) groups is 1. The van der Waals surface area contributed by atoms with Crippen molar-refractivity contribution in [1.29, 1.82) is 0 Å². The van der Waals surface area contributed by atoms with Crippen LogP contribution < -0.4 is 0 Å². The van der Waals surface area contributed by atoms with Gasteiger partial charge in [0.05, 0.1) is 4.36 Å². The molecule has 0 heterocycles. The Labute approximate surface area is 60.3 Å². The van der Waals surface area contributed by atoms with E-state index in [2.05, 4.69) is 13.8 Å². The molecule has 0 fully saturated rings. The van der Waals surface area contributed by atoms with Gasteiger partial charge in [0.25, 0.3) is 0 Å². The number of hydrogen-bond donors (Lipinski definition) is 0. The molecule has 0 radical (unpaired) electrons. The summed E-state index contributed by atoms with van der Waals surface area (Å²) in [5.41, 5.74) is 0. The van der Waals surface area contributed by atoms with E-state index < -0.39 is 0 Å². The Kier molecular flexibility index (Phi) is 4.48. The monoisotopic (exact) mass is 150 g/mol. The van der Waals surface area contributed by atoms with E-state index in [1.54, 1.807) is 11.8 Å². The summed E-state index contributed by atoms with van der Waals surface area (Å²) in [5, 5.41) is 0.596. The zero-order chi connectivity index (χ0) is 6.57. The Hall–Kier alpha value is 0.380. The van der Waals surface area contributed by atoms with Gasteiger partial charge in [-0.25, -0.2) is 0 Å². The molecular weight excluding hydrogens is 140 g/mol. The first-order valence-electron chi connectivity index (χ1n) is 2.65. The smallest absolute Gasteiger partial charge is 0.0694 e. The minimum atomic E-state index is 0.596. The van der Waals surface area contributed by atoms with Gasteiger partial charge in [0, 0.05) is 5.25 Å². The Bertz CT molecular complexity index is 86.5. The van der Waals surface area contributed by atoms with E-state index in [1.807, 2.05) is 13.0 Å². The molecule has 0 aliphatic carbocycles. The lowest BCUT2D eigenvalue weighted by Gasteiger charge is -1.99. The van der Waals surface area contributed by atoms with Gasteiger partial charge in [-0.05, 0) is 6.92 Å². The van der Waals surface area contributed by atoms with E-state index in [9.17, 15) is 0 Å². The van der Waals surface area contributed by atoms with Crippen LogP contribution in [0.2, 0.25) is 0 Å². The molecule has 0 aliphatic heterocycles. The van der Waals surface area contributed by atoms with Crippen molar-refractivity contribution in [3.8, 4) is 0 Å². The lowest BCUT2D eigenvalue weighted by molar-refractivity contribution is 1.12. The van der Waals surface area contributed by atoms with Crippen molar-refractivity contribution < 1.29 is 0 Å². The molecular formula is C6H11ClS. The molecule has 0 spiro atoms. The first-order valence-corrected chi connectivity index (χ1v) is 3.91. The van der Waals surface area contributed by atoms with Crippen LogP contribution in [0.1, 0.15) is 20.8 Å². The SMILES string of the molecule is C/C=C(/Cl)SC(C)C. The third-order valence-electron chi connectivity index (χ3n) is 0.575. The second-order valence-corrected chi connectivity index (χ2v) is 4.01. The van der Waals surface area contributed by atoms with Crippen molar-refractivity contribution in [3.63, 3.8) is 0 Å². The molecule has 0 N–H and O–H groups in total. The topological polar surface area (TPSA) is 0 Å². The zero-order valence-electron chi connectivity index (χ0n) is 5.44. The van der Waals surface area contributed by atoms with Crippen LogP contribution >= 0.6 is 23.4 Å². The van der Waals surface area contributed by atoms with Crippen LogP contribution in [0.25, 0.3) is 0 Å². The Morgan fingerprint density at radius 1 is 1.62 bits per heavy atom. The number of hydrogen-bond acceptors (Lipinski definition) is 1. The highest BCUT2D eigenvalue weighted by atomic mass is 35.5. The summed E-state index contributed by atoms with van der Waals surface area (Å²) in [5.74, 6) is 0. The van der Waals surface area contributed by atoms with Crippen LogP contribution in [0.4, 0.5) is 0 Å². The van der Waals surface area contributed by atoms with Crippen molar-refractivity contribution >= 4 is 23.4 Å². The molecule has 0 bridgehead atoms. The average Bonchev–Trinajstić information content (AvgIpc) is 1.65. The van der Waals surface area contributed by atoms with E-state index in [0.717, 1.165) is 4.36 Å². The molecule has 0 aliphatic rings. The third kappa shape index (κ3) is 4.54. The molecule has 0 aromatic rings. The molecule has 0 saturated carbocycles. The summed E-state index contributed by atoms with van der Waals surface area (Å²) in [7, 11) is 0. The predicted octanol–water partition coefficient (Wildman–Crippen LogP) is 3.23. The second-order valence-electron chi connectivity index (χ2n) is 1.76. The van der Waals surface area contributed by atoms with Gasteiger partial charge in [0.2, 0.25) is 0 Å². The number of rotatable bonds is 2. The standard InChI is InChI=1S/C6H11ClS/c1-4-6(7)8-5(2)3/h4-5H,1-3H3/b6-4-. The largest absolute Gasteiger partial charge is 0.112 e. The van der Waals surface area contributed by atoms with Gasteiger partial charge in [-0.3, -0.25) is 0 Å². The van der Waals surface area contributed by atoms with Crippen LogP contribution in [0.3, 0.4) is 0 Å². The van der Waals surface area contributed by atoms with Crippen molar-refractivity contribution in [2.24, 2.45) is 0 Å². The molecule has 0 unspecified atom stereocenters. The summed E-state index contributed by atoms with van der Waals surface area (Å²) in [6.45, 7) is 6.19. The van der Waals surface area contributed by atoms with E-state index in [-0.39, 0.29) is 0 Å². The maximum atomic E-state index is 5.68. The third-order valence-corrected chi connectivity index (χ3v) is 1.99. The quantitative estimate of drug-likeness (QED) is 0.583. The fraction of sp³-hybridized carbons (Fsp3) is 0.667. The van der Waals surface area contributed by atoms with E-state index >= 15 is 0 Å². The first kappa shape index (κ1) is 8.38. The lowest BCUT2D eigenvalue weighted by Crippen LogP contribution is -1.82. The molecule has 0 saturated heterocycles. The number of halogens is 1. The fourth-order valence-electron chi connectivity index (χ4n) is 0.293. The highest BCUT2D eigenvalue weighted by Gasteiger charge is 1.94. The minimum absolute atomic E-state index is 0.596. The molecule has 0 nitrogen and oxygen atoms in total. The number of allylic oxidation sites excluding steroid dienone is 1. The van der Waals surface area contributed by atoms with Gasteiger partial charge in [-0.15, -0.1) is 11.8 Å². The van der Waals surface area contributed by atoms with Gasteiger partial charge in [0.15, 0.2) is 0 Å². The van der Waals surface area contributed by atoms with Crippen LogP contribution in [0.15, 0.2) is 10.4 Å². The Balaban J connectivity index is 3.39. The Morgan fingerprint density at radius 2 is 2.12 bits per heavy atom. The summed E-state index contributed by atoms with van der Waals surface area (Å²) in [6, 6.07) is 0. The minimum Gasteiger partial charge on any atom is -0.112 e. The summed E-state index contributed by atoms with van der Waals surface area (Å²) >= 11 is 7.37. The molecule has 0 atom stereocenters. The van der Waals surface area contributed by atoms with E-state index in [4.69, 9.17) is 11.6 Å². The van der Waals surface area contributed by atoms with Crippen LogP contribution in [-0.2, 0) is 0 Å². The second kappa shape index (κ2) is 4.28. The van der Waals surface area contributed by atoms with Crippen molar-refractivity contribution in [3.05, 3.63) is 10.4 Å². The van der Waals surface area contributed by atoms with Gasteiger partial charge >= 0.3 is 0 Å². The molecule has 0 aromatic heterocycles. The van der Waals surface area contributed by atoms with Crippen molar-refractivity contribution in [2.45, 2.75) is 26.0 Å². The maximum Gasteiger partial charge on any atom is 0.0694 e. The van der Waals surface area contributed by atoms with Crippen LogP contribution in [0.5, 0.6) is 0 Å². The van der Waals surface area contributed by atoms with Crippen molar-refractivity contribution in [1.82, 2.24) is 0 Å². The fourth-order valence-corrected chi connectivity index (χ4v) is 1.41. The highest BCUT2D eigenvalue weighted by molar-refractivity contribution is 8.05. The van der Waals surface area contributed by atoms with Crippen molar-refractivity contribution in [2.75, 3.05) is 0 Å². The summed E-state index contributed by atoms with van der Waals surface area (Å²) in [6.07, 6.45) is 1.91. The van der Waals surface area contributed by atoms with Gasteiger partial charge < -0.3 is 0 Å². The molecule has 0 aromatic carbocycles. The Morgan fingerprint density at radius 3 is 2.25 bits per heavy atom. The van der Waals surface area contributed by atoms with Crippen LogP contribution in [0, 0.1) is 0 Å². The normalized spacial score (nSPS) is 12.9. The molecule has 48 valence electrons. The van der Waals surface area contributed by atoms with E-state index in [1.165, 1.54) is 0 Å². The van der Waals surface area contributed by atoms with Crippen LogP contribution in [-0.4, -0.2) is 5.25 Å². The van der Waals surface area contributed by atoms with Gasteiger partial charge in [0.1, 0.15) is 0 Å².